The molecule has 124 valence electrons. The standard InChI is InChI=1S/C17H22N2O4/c1-11-5-4-6-13-14(18-12(2)21)16(19(3)15(11)13)23-10-17(7-20)8-22-9-17/h4-6,20H,7-10H2,1-3H3,(H,18,21). The number of aromatic nitrogens is 1. The second-order valence-electron chi connectivity index (χ2n) is 6.33. The fraction of sp³-hybridized carbons (Fsp3) is 0.471. The lowest BCUT2D eigenvalue weighted by molar-refractivity contribution is -0.153. The number of nitrogens with one attached hydrogen (secondary N) is 1. The van der Waals surface area contributed by atoms with Crippen molar-refractivity contribution in [1.82, 2.24) is 4.57 Å². The van der Waals surface area contributed by atoms with Crippen LogP contribution < -0.4 is 10.1 Å². The van der Waals surface area contributed by atoms with Crippen molar-refractivity contribution in [1.29, 1.82) is 0 Å². The molecule has 2 aromatic rings. The molecule has 3 rings (SSSR count). The van der Waals surface area contributed by atoms with Gasteiger partial charge in [0.15, 0.2) is 0 Å². The Morgan fingerprint density at radius 3 is 2.78 bits per heavy atom. The first-order valence-corrected chi connectivity index (χ1v) is 7.64. The predicted octanol–water partition coefficient (Wildman–Crippen LogP) is 1.83. The van der Waals surface area contributed by atoms with Crippen molar-refractivity contribution >= 4 is 22.5 Å². The first-order valence-electron chi connectivity index (χ1n) is 7.64. The summed E-state index contributed by atoms with van der Waals surface area (Å²) in [6.45, 7) is 4.85. The largest absolute Gasteiger partial charge is 0.476 e. The van der Waals surface area contributed by atoms with Crippen LogP contribution in [0.3, 0.4) is 0 Å². The second-order valence-corrected chi connectivity index (χ2v) is 6.33. The van der Waals surface area contributed by atoms with E-state index < -0.39 is 0 Å². The number of benzene rings is 1. The van der Waals surface area contributed by atoms with Crippen LogP contribution in [0.4, 0.5) is 5.69 Å². The molecule has 0 atom stereocenters. The van der Waals surface area contributed by atoms with Gasteiger partial charge < -0.3 is 24.5 Å². The van der Waals surface area contributed by atoms with Crippen LogP contribution >= 0.6 is 0 Å². The van der Waals surface area contributed by atoms with Gasteiger partial charge in [-0.1, -0.05) is 18.2 Å². The number of hydrogen-bond donors (Lipinski definition) is 2. The maximum Gasteiger partial charge on any atom is 0.221 e. The van der Waals surface area contributed by atoms with Gasteiger partial charge in [0.1, 0.15) is 12.3 Å². The molecule has 0 spiro atoms. The van der Waals surface area contributed by atoms with Gasteiger partial charge in [-0.15, -0.1) is 0 Å². The Bertz CT molecular complexity index is 741. The normalized spacial score (nSPS) is 16.2. The van der Waals surface area contributed by atoms with E-state index in [9.17, 15) is 9.90 Å². The average molecular weight is 318 g/mol. The number of rotatable bonds is 5. The molecule has 1 aromatic carbocycles. The summed E-state index contributed by atoms with van der Waals surface area (Å²) in [4.78, 5) is 11.6. The number of aliphatic hydroxyl groups is 1. The Morgan fingerprint density at radius 2 is 2.22 bits per heavy atom. The fourth-order valence-corrected chi connectivity index (χ4v) is 2.99. The van der Waals surface area contributed by atoms with Crippen molar-refractivity contribution in [3.8, 4) is 5.88 Å². The molecule has 1 aliphatic heterocycles. The number of amides is 1. The third-order valence-electron chi connectivity index (χ3n) is 4.33. The molecule has 0 aliphatic carbocycles. The zero-order valence-corrected chi connectivity index (χ0v) is 13.7. The minimum absolute atomic E-state index is 0.0193. The maximum atomic E-state index is 11.6. The summed E-state index contributed by atoms with van der Waals surface area (Å²) < 4.78 is 13.2. The van der Waals surface area contributed by atoms with Crippen molar-refractivity contribution in [2.24, 2.45) is 12.5 Å². The van der Waals surface area contributed by atoms with Crippen LogP contribution in [0.1, 0.15) is 12.5 Å². The third kappa shape index (κ3) is 2.68. The van der Waals surface area contributed by atoms with E-state index >= 15 is 0 Å². The van der Waals surface area contributed by atoms with Gasteiger partial charge in [-0.3, -0.25) is 4.79 Å². The zero-order valence-electron chi connectivity index (χ0n) is 13.7. The molecule has 2 N–H and O–H groups in total. The average Bonchev–Trinajstić information content (AvgIpc) is 2.72. The number of carbonyl (C=O) groups is 1. The number of anilines is 1. The molecule has 1 saturated heterocycles. The highest BCUT2D eigenvalue weighted by atomic mass is 16.5. The summed E-state index contributed by atoms with van der Waals surface area (Å²) in [5, 5.41) is 13.4. The lowest BCUT2D eigenvalue weighted by Crippen LogP contribution is -2.50. The molecule has 1 aliphatic rings. The van der Waals surface area contributed by atoms with Crippen molar-refractivity contribution in [2.75, 3.05) is 31.7 Å². The number of aliphatic hydroxyl groups excluding tert-OH is 1. The molecule has 1 fully saturated rings. The first-order chi connectivity index (χ1) is 11.0. The van der Waals surface area contributed by atoms with Crippen LogP contribution in [-0.4, -0.2) is 42.0 Å². The highest BCUT2D eigenvalue weighted by Crippen LogP contribution is 2.39. The van der Waals surface area contributed by atoms with Crippen molar-refractivity contribution < 1.29 is 19.4 Å². The molecule has 1 amide bonds. The molecule has 6 heteroatoms. The van der Waals surface area contributed by atoms with E-state index in [4.69, 9.17) is 9.47 Å². The van der Waals surface area contributed by atoms with Gasteiger partial charge in [-0.05, 0) is 12.5 Å². The number of nitrogens with zero attached hydrogens (tertiary/aromatic N) is 1. The Labute approximate surface area is 135 Å². The van der Waals surface area contributed by atoms with Crippen molar-refractivity contribution in [3.63, 3.8) is 0 Å². The van der Waals surface area contributed by atoms with Gasteiger partial charge in [-0.25, -0.2) is 0 Å². The monoisotopic (exact) mass is 318 g/mol. The molecule has 0 bridgehead atoms. The molecule has 23 heavy (non-hydrogen) atoms. The Morgan fingerprint density at radius 1 is 1.48 bits per heavy atom. The van der Waals surface area contributed by atoms with Crippen LogP contribution in [0.2, 0.25) is 0 Å². The lowest BCUT2D eigenvalue weighted by atomic mass is 9.88. The topological polar surface area (TPSA) is 72.7 Å². The van der Waals surface area contributed by atoms with Crippen LogP contribution in [0.5, 0.6) is 5.88 Å². The molecule has 0 saturated carbocycles. The molecule has 6 nitrogen and oxygen atoms in total. The Balaban J connectivity index is 2.02. The summed E-state index contributed by atoms with van der Waals surface area (Å²) in [6.07, 6.45) is 0. The van der Waals surface area contributed by atoms with Gasteiger partial charge >= 0.3 is 0 Å². The third-order valence-corrected chi connectivity index (χ3v) is 4.33. The summed E-state index contributed by atoms with van der Waals surface area (Å²) in [5.74, 6) is 0.455. The highest BCUT2D eigenvalue weighted by Gasteiger charge is 2.39. The van der Waals surface area contributed by atoms with E-state index in [1.54, 1.807) is 0 Å². The van der Waals surface area contributed by atoms with Gasteiger partial charge in [0.2, 0.25) is 11.8 Å². The smallest absolute Gasteiger partial charge is 0.221 e. The minimum atomic E-state index is -0.348. The van der Waals surface area contributed by atoms with Gasteiger partial charge in [0.05, 0.1) is 30.8 Å². The van der Waals surface area contributed by atoms with Crippen LogP contribution in [0, 0.1) is 12.3 Å². The summed E-state index contributed by atoms with van der Waals surface area (Å²) >= 11 is 0. The SMILES string of the molecule is CC(=O)Nc1c(OCC2(CO)COC2)n(C)c2c(C)cccc12. The second kappa shape index (κ2) is 5.86. The van der Waals surface area contributed by atoms with E-state index in [-0.39, 0.29) is 17.9 Å². The zero-order chi connectivity index (χ0) is 16.6. The number of ether oxygens (including phenoxy) is 2. The predicted molar refractivity (Wildman–Crippen MR) is 87.8 cm³/mol. The summed E-state index contributed by atoms with van der Waals surface area (Å²) in [6, 6.07) is 5.95. The number of carbonyl (C=O) groups excluding carboxylic acids is 1. The molecular weight excluding hydrogens is 296 g/mol. The van der Waals surface area contributed by atoms with Gasteiger partial charge in [0, 0.05) is 19.4 Å². The quantitative estimate of drug-likeness (QED) is 0.882. The lowest BCUT2D eigenvalue weighted by Gasteiger charge is -2.39. The molecule has 2 heterocycles. The number of fused-ring (bicyclic) bond motifs is 1. The molecule has 0 unspecified atom stereocenters. The van der Waals surface area contributed by atoms with E-state index in [1.807, 2.05) is 36.7 Å². The number of hydrogen-bond acceptors (Lipinski definition) is 4. The van der Waals surface area contributed by atoms with E-state index in [0.29, 0.717) is 31.4 Å². The maximum absolute atomic E-state index is 11.6. The van der Waals surface area contributed by atoms with Crippen LogP contribution in [0.25, 0.3) is 10.9 Å². The number of aryl methyl sites for hydroxylation is 2. The fourth-order valence-electron chi connectivity index (χ4n) is 2.99. The summed E-state index contributed by atoms with van der Waals surface area (Å²) in [7, 11) is 1.92. The van der Waals surface area contributed by atoms with Gasteiger partial charge in [0.25, 0.3) is 0 Å². The Hall–Kier alpha value is -2.05. The first kappa shape index (κ1) is 15.8. The molecule has 1 aromatic heterocycles. The molecule has 0 radical (unpaired) electrons. The highest BCUT2D eigenvalue weighted by molar-refractivity contribution is 6.05. The number of para-hydroxylation sites is 1. The van der Waals surface area contributed by atoms with E-state index in [1.165, 1.54) is 6.92 Å². The van der Waals surface area contributed by atoms with Crippen molar-refractivity contribution in [2.45, 2.75) is 13.8 Å². The van der Waals surface area contributed by atoms with E-state index in [0.717, 1.165) is 16.5 Å². The van der Waals surface area contributed by atoms with Gasteiger partial charge in [-0.2, -0.15) is 0 Å². The Kier molecular flexibility index (Phi) is 4.04. The van der Waals surface area contributed by atoms with Crippen LogP contribution in [-0.2, 0) is 16.6 Å². The minimum Gasteiger partial charge on any atom is -0.476 e. The van der Waals surface area contributed by atoms with Crippen molar-refractivity contribution in [3.05, 3.63) is 23.8 Å². The van der Waals surface area contributed by atoms with Crippen LogP contribution in [0.15, 0.2) is 18.2 Å². The molecular formula is C17H22N2O4. The van der Waals surface area contributed by atoms with E-state index in [2.05, 4.69) is 5.32 Å². The summed E-state index contributed by atoms with van der Waals surface area (Å²) in [5.41, 5.74) is 2.45.